The van der Waals surface area contributed by atoms with Gasteiger partial charge in [0, 0.05) is 5.70 Å². The lowest BCUT2D eigenvalue weighted by Gasteiger charge is -2.09. The van der Waals surface area contributed by atoms with Gasteiger partial charge in [-0.3, -0.25) is 24.3 Å². The number of hydrogen-bond acceptors (Lipinski definition) is 7. The molecule has 25 heavy (non-hydrogen) atoms. The van der Waals surface area contributed by atoms with Crippen LogP contribution in [0.15, 0.2) is 46.1 Å². The highest BCUT2D eigenvalue weighted by Crippen LogP contribution is 2.05. The first-order valence-electron chi connectivity index (χ1n) is 7.09. The number of nitrogens with two attached hydrogens (primary N) is 1. The molecule has 0 unspecified atom stereocenters. The van der Waals surface area contributed by atoms with Gasteiger partial charge in [0.2, 0.25) is 0 Å². The lowest BCUT2D eigenvalue weighted by molar-refractivity contribution is -0.149. The minimum atomic E-state index is -1.28. The summed E-state index contributed by atoms with van der Waals surface area (Å²) in [4.78, 5) is 47.7. The normalized spacial score (nSPS) is 11.5. The summed E-state index contributed by atoms with van der Waals surface area (Å²) in [5, 5.41) is 11.4. The molecule has 2 aromatic rings. The molecular weight excluding hydrogens is 328 g/mol. The number of Topliss-reactive ketones (excluding diaryl/α,β-unsaturated/α-hetero) is 1. The summed E-state index contributed by atoms with van der Waals surface area (Å²) in [5.41, 5.74) is 4.03. The fourth-order valence-electron chi connectivity index (χ4n) is 2.13. The second-order valence-corrected chi connectivity index (χ2v) is 5.14. The number of hydrogen-bond donors (Lipinski definition) is 2. The van der Waals surface area contributed by atoms with Crippen LogP contribution >= 0.6 is 0 Å². The van der Waals surface area contributed by atoms with Crippen molar-refractivity contribution in [1.82, 2.24) is 9.78 Å². The second-order valence-electron chi connectivity index (χ2n) is 5.14. The Balaban J connectivity index is 2.13. The van der Waals surface area contributed by atoms with Crippen LogP contribution in [0, 0.1) is 17.2 Å². The molecule has 0 aliphatic rings. The molecule has 0 radical (unpaired) electrons. The summed E-state index contributed by atoms with van der Waals surface area (Å²) < 4.78 is 5.52. The first kappa shape index (κ1) is 17.7. The lowest BCUT2D eigenvalue weighted by atomic mass is 10.0. The van der Waals surface area contributed by atoms with Gasteiger partial charge in [0.1, 0.15) is 12.5 Å². The van der Waals surface area contributed by atoms with Crippen molar-refractivity contribution in [2.75, 3.05) is 6.61 Å². The van der Waals surface area contributed by atoms with E-state index in [9.17, 15) is 19.2 Å². The molecule has 0 spiro atoms. The molecule has 1 atom stereocenters. The number of esters is 1. The molecule has 0 saturated heterocycles. The van der Waals surface area contributed by atoms with E-state index >= 15 is 0 Å². The number of aromatic amines is 1. The summed E-state index contributed by atoms with van der Waals surface area (Å²) in [6.45, 7) is 2.02. The number of carbonyl (C=O) groups excluding carboxylic acids is 2. The van der Waals surface area contributed by atoms with Crippen molar-refractivity contribution in [3.8, 4) is 6.07 Å². The highest BCUT2D eigenvalue weighted by molar-refractivity contribution is 5.88. The third-order valence-electron chi connectivity index (χ3n) is 3.37. The fourth-order valence-corrected chi connectivity index (χ4v) is 2.13. The molecule has 1 heterocycles. The largest absolute Gasteiger partial charge is 0.456 e. The van der Waals surface area contributed by atoms with Crippen molar-refractivity contribution in [3.63, 3.8) is 0 Å². The number of fused-ring (bicyclic) bond motifs is 1. The number of nitriles is 1. The smallest absolute Gasteiger partial charge is 0.328 e. The van der Waals surface area contributed by atoms with Crippen LogP contribution in [0.25, 0.3) is 10.8 Å². The van der Waals surface area contributed by atoms with Crippen LogP contribution in [0.1, 0.15) is 0 Å². The van der Waals surface area contributed by atoms with Crippen molar-refractivity contribution in [2.24, 2.45) is 11.7 Å². The van der Waals surface area contributed by atoms with Crippen LogP contribution in [0.4, 0.5) is 0 Å². The minimum Gasteiger partial charge on any atom is -0.456 e. The van der Waals surface area contributed by atoms with E-state index < -0.39 is 41.9 Å². The molecule has 3 N–H and O–H groups in total. The van der Waals surface area contributed by atoms with Crippen LogP contribution in [-0.2, 0) is 20.9 Å². The predicted molar refractivity (Wildman–Crippen MR) is 87.2 cm³/mol. The van der Waals surface area contributed by atoms with E-state index in [4.69, 9.17) is 15.7 Å². The van der Waals surface area contributed by atoms with Gasteiger partial charge in [-0.2, -0.15) is 5.26 Å². The average molecular weight is 342 g/mol. The Morgan fingerprint density at radius 3 is 2.56 bits per heavy atom. The quantitative estimate of drug-likeness (QED) is 0.667. The van der Waals surface area contributed by atoms with Gasteiger partial charge in [-0.1, -0.05) is 18.7 Å². The second kappa shape index (κ2) is 7.27. The molecule has 9 nitrogen and oxygen atoms in total. The van der Waals surface area contributed by atoms with Crippen LogP contribution < -0.4 is 16.9 Å². The van der Waals surface area contributed by atoms with Crippen LogP contribution in [0.3, 0.4) is 0 Å². The van der Waals surface area contributed by atoms with E-state index in [-0.39, 0.29) is 16.5 Å². The number of ether oxygens (including phenoxy) is 1. The molecule has 1 aromatic heterocycles. The van der Waals surface area contributed by atoms with Gasteiger partial charge in [-0.15, -0.1) is 0 Å². The van der Waals surface area contributed by atoms with Gasteiger partial charge >= 0.3 is 5.97 Å². The Bertz CT molecular complexity index is 1010. The standard InChI is InChI=1S/C16H14N4O5/c1-9(18)12(6-17)13(21)8-25-14(22)7-20-16(24)11-5-3-2-4-10(11)15(23)19-20/h2-5,12H,1,7-8,18H2,(H,19,23)/t12-/m1/s1. The van der Waals surface area contributed by atoms with Gasteiger partial charge in [-0.05, 0) is 12.1 Å². The maximum absolute atomic E-state index is 12.2. The van der Waals surface area contributed by atoms with Crippen LogP contribution in [-0.4, -0.2) is 28.1 Å². The van der Waals surface area contributed by atoms with Crippen molar-refractivity contribution in [1.29, 1.82) is 5.26 Å². The average Bonchev–Trinajstić information content (AvgIpc) is 2.58. The molecular formula is C16H14N4O5. The Morgan fingerprint density at radius 2 is 1.96 bits per heavy atom. The topological polar surface area (TPSA) is 148 Å². The van der Waals surface area contributed by atoms with E-state index in [1.54, 1.807) is 18.2 Å². The molecule has 1 aromatic carbocycles. The Labute approximate surface area is 140 Å². The molecule has 0 saturated carbocycles. The fraction of sp³-hybridized carbons (Fsp3) is 0.188. The minimum absolute atomic E-state index is 0.152. The van der Waals surface area contributed by atoms with Crippen molar-refractivity contribution < 1.29 is 14.3 Å². The van der Waals surface area contributed by atoms with Crippen molar-refractivity contribution in [2.45, 2.75) is 6.54 Å². The lowest BCUT2D eigenvalue weighted by Crippen LogP contribution is -2.33. The zero-order valence-electron chi connectivity index (χ0n) is 13.0. The number of ketones is 1. The number of H-pyrrole nitrogens is 1. The summed E-state index contributed by atoms with van der Waals surface area (Å²) in [6, 6.07) is 7.79. The molecule has 2 rings (SSSR count). The zero-order valence-corrected chi connectivity index (χ0v) is 13.0. The molecule has 0 aliphatic carbocycles. The molecule has 0 fully saturated rings. The number of nitrogens with zero attached hydrogens (tertiary/aromatic N) is 2. The van der Waals surface area contributed by atoms with Gasteiger partial charge in [0.05, 0.1) is 16.8 Å². The number of carbonyl (C=O) groups is 2. The molecule has 0 amide bonds. The zero-order chi connectivity index (χ0) is 18.6. The third kappa shape index (κ3) is 3.81. The van der Waals surface area contributed by atoms with E-state index in [1.807, 2.05) is 0 Å². The monoisotopic (exact) mass is 342 g/mol. The van der Waals surface area contributed by atoms with Gasteiger partial charge in [-0.25, -0.2) is 4.68 Å². The third-order valence-corrected chi connectivity index (χ3v) is 3.37. The van der Waals surface area contributed by atoms with Gasteiger partial charge in [0.15, 0.2) is 12.4 Å². The van der Waals surface area contributed by atoms with Gasteiger partial charge < -0.3 is 10.5 Å². The number of allylic oxidation sites excluding steroid dienone is 1. The first-order valence-corrected chi connectivity index (χ1v) is 7.09. The van der Waals surface area contributed by atoms with Crippen LogP contribution in [0.2, 0.25) is 0 Å². The highest BCUT2D eigenvalue weighted by Gasteiger charge is 2.21. The van der Waals surface area contributed by atoms with E-state index in [0.717, 1.165) is 4.68 Å². The number of nitrogens with one attached hydrogen (secondary N) is 1. The molecule has 128 valence electrons. The summed E-state index contributed by atoms with van der Waals surface area (Å²) >= 11 is 0. The predicted octanol–water partition coefficient (Wildman–Crippen LogP) is -0.586. The van der Waals surface area contributed by atoms with E-state index in [1.165, 1.54) is 12.1 Å². The maximum atomic E-state index is 12.2. The van der Waals surface area contributed by atoms with Crippen molar-refractivity contribution >= 4 is 22.5 Å². The number of benzene rings is 1. The summed E-state index contributed by atoms with van der Waals surface area (Å²) in [6.07, 6.45) is 0. The molecule has 0 aliphatic heterocycles. The Kier molecular flexibility index (Phi) is 5.14. The molecule has 9 heteroatoms. The SMILES string of the molecule is C=C(N)[C@@H](C#N)C(=O)COC(=O)Cn1[nH]c(=O)c2ccccc2c1=O. The Morgan fingerprint density at radius 1 is 1.32 bits per heavy atom. The number of aromatic nitrogens is 2. The highest BCUT2D eigenvalue weighted by atomic mass is 16.5. The Hall–Kier alpha value is -3.67. The maximum Gasteiger partial charge on any atom is 0.328 e. The van der Waals surface area contributed by atoms with Crippen LogP contribution in [0.5, 0.6) is 0 Å². The first-order chi connectivity index (χ1) is 11.8. The van der Waals surface area contributed by atoms with E-state index in [2.05, 4.69) is 11.7 Å². The summed E-state index contributed by atoms with van der Waals surface area (Å²) in [5.74, 6) is -2.94. The summed E-state index contributed by atoms with van der Waals surface area (Å²) in [7, 11) is 0. The van der Waals surface area contributed by atoms with Crippen molar-refractivity contribution in [3.05, 3.63) is 57.2 Å². The number of rotatable bonds is 6. The molecule has 0 bridgehead atoms. The van der Waals surface area contributed by atoms with Gasteiger partial charge in [0.25, 0.3) is 11.1 Å². The van der Waals surface area contributed by atoms with E-state index in [0.29, 0.717) is 0 Å².